The lowest BCUT2D eigenvalue weighted by Gasteiger charge is -2.35. The molecule has 1 fully saturated rings. The third-order valence-electron chi connectivity index (χ3n) is 6.48. The number of fused-ring (bicyclic) bond motifs is 1. The third-order valence-corrected chi connectivity index (χ3v) is 7.30. The zero-order valence-electron chi connectivity index (χ0n) is 19.6. The summed E-state index contributed by atoms with van der Waals surface area (Å²) >= 11 is 3.63. The molecule has 4 heterocycles. The summed E-state index contributed by atoms with van der Waals surface area (Å²) in [5.74, 6) is 0.367. The van der Waals surface area contributed by atoms with Gasteiger partial charge in [-0.1, -0.05) is 36.4 Å². The SMILES string of the molecule is CC(C)(O)C(=O)N1CCC(c2nc3c(-c4ccc(-c5ccccc5)nc4)cnn3c(N)c2Br)CC1. The summed E-state index contributed by atoms with van der Waals surface area (Å²) < 4.78 is 2.37. The Morgan fingerprint density at radius 3 is 2.43 bits per heavy atom. The third kappa shape index (κ3) is 4.41. The predicted octanol–water partition coefficient (Wildman–Crippen LogP) is 4.28. The Kier molecular flexibility index (Phi) is 6.06. The number of nitrogens with two attached hydrogens (primary N) is 1. The number of aliphatic hydroxyl groups is 1. The van der Waals surface area contributed by atoms with E-state index in [-0.39, 0.29) is 11.8 Å². The van der Waals surface area contributed by atoms with Crippen LogP contribution in [0.4, 0.5) is 5.82 Å². The number of hydrogen-bond donors (Lipinski definition) is 2. The lowest BCUT2D eigenvalue weighted by Crippen LogP contribution is -2.48. The molecule has 1 saturated heterocycles. The highest BCUT2D eigenvalue weighted by Crippen LogP contribution is 2.37. The normalized spacial score (nSPS) is 15.0. The number of nitrogen functional groups attached to an aromatic ring is 1. The van der Waals surface area contributed by atoms with Gasteiger partial charge in [0.25, 0.3) is 5.91 Å². The molecule has 0 spiro atoms. The number of carbonyl (C=O) groups excluding carboxylic acids is 1. The highest BCUT2D eigenvalue weighted by Gasteiger charge is 2.33. The van der Waals surface area contributed by atoms with Crippen LogP contribution in [-0.2, 0) is 4.79 Å². The number of benzene rings is 1. The molecule has 0 unspecified atom stereocenters. The number of aromatic nitrogens is 4. The molecule has 0 saturated carbocycles. The van der Waals surface area contributed by atoms with Gasteiger partial charge in [0.05, 0.1) is 22.1 Å². The molecule has 5 rings (SSSR count). The second-order valence-corrected chi connectivity index (χ2v) is 10.2. The first kappa shape index (κ1) is 23.4. The van der Waals surface area contributed by atoms with Crippen molar-refractivity contribution in [1.29, 1.82) is 0 Å². The van der Waals surface area contributed by atoms with E-state index in [9.17, 15) is 9.90 Å². The number of amides is 1. The molecule has 3 aromatic heterocycles. The van der Waals surface area contributed by atoms with Gasteiger partial charge in [-0.25, -0.2) is 4.98 Å². The lowest BCUT2D eigenvalue weighted by atomic mass is 9.92. The molecule has 4 aromatic rings. The van der Waals surface area contributed by atoms with Crippen molar-refractivity contribution in [3.8, 4) is 22.4 Å². The van der Waals surface area contributed by atoms with Gasteiger partial charge in [0.1, 0.15) is 11.4 Å². The number of hydrogen-bond acceptors (Lipinski definition) is 6. The van der Waals surface area contributed by atoms with Gasteiger partial charge in [0.2, 0.25) is 0 Å². The minimum atomic E-state index is -1.37. The molecule has 180 valence electrons. The van der Waals surface area contributed by atoms with Crippen LogP contribution in [0, 0.1) is 0 Å². The molecule has 0 radical (unpaired) electrons. The van der Waals surface area contributed by atoms with Crippen LogP contribution in [0.5, 0.6) is 0 Å². The highest BCUT2D eigenvalue weighted by atomic mass is 79.9. The van der Waals surface area contributed by atoms with Crippen LogP contribution in [0.2, 0.25) is 0 Å². The Morgan fingerprint density at radius 1 is 1.09 bits per heavy atom. The molecule has 35 heavy (non-hydrogen) atoms. The summed E-state index contributed by atoms with van der Waals surface area (Å²) in [5, 5.41) is 14.6. The summed E-state index contributed by atoms with van der Waals surface area (Å²) in [6, 6.07) is 14.0. The van der Waals surface area contributed by atoms with Crippen molar-refractivity contribution < 1.29 is 9.90 Å². The summed E-state index contributed by atoms with van der Waals surface area (Å²) in [6.07, 6.45) is 5.07. The topological polar surface area (TPSA) is 110 Å². The standard InChI is InChI=1S/C26H27BrN6O2/c1-26(2,35)25(34)32-12-10-17(11-13-32)22-21(27)23(28)33-24(31-22)19(15-30-33)18-8-9-20(29-14-18)16-6-4-3-5-7-16/h3-9,14-15,17,35H,10-13,28H2,1-2H3. The van der Waals surface area contributed by atoms with Crippen molar-refractivity contribution in [3.63, 3.8) is 0 Å². The first-order valence-electron chi connectivity index (χ1n) is 11.6. The van der Waals surface area contributed by atoms with E-state index in [0.29, 0.717) is 24.6 Å². The number of halogens is 1. The average Bonchev–Trinajstić information content (AvgIpc) is 3.30. The Bertz CT molecular complexity index is 1370. The number of pyridine rings is 1. The fourth-order valence-electron chi connectivity index (χ4n) is 4.56. The molecular formula is C26H27BrN6O2. The Labute approximate surface area is 211 Å². The molecule has 9 heteroatoms. The van der Waals surface area contributed by atoms with Crippen molar-refractivity contribution in [3.05, 3.63) is 65.0 Å². The summed E-state index contributed by atoms with van der Waals surface area (Å²) in [7, 11) is 0. The molecule has 0 bridgehead atoms. The van der Waals surface area contributed by atoms with E-state index in [0.717, 1.165) is 45.4 Å². The molecule has 0 atom stereocenters. The fourth-order valence-corrected chi connectivity index (χ4v) is 5.14. The molecule has 8 nitrogen and oxygen atoms in total. The van der Waals surface area contributed by atoms with E-state index in [2.05, 4.69) is 26.0 Å². The lowest BCUT2D eigenvalue weighted by molar-refractivity contribution is -0.148. The van der Waals surface area contributed by atoms with E-state index in [1.807, 2.05) is 48.7 Å². The van der Waals surface area contributed by atoms with Gasteiger partial charge in [0, 0.05) is 41.9 Å². The Balaban J connectivity index is 1.45. The minimum Gasteiger partial charge on any atom is -0.383 e. The summed E-state index contributed by atoms with van der Waals surface area (Å²) in [4.78, 5) is 23.8. The first-order valence-corrected chi connectivity index (χ1v) is 12.4. The largest absolute Gasteiger partial charge is 0.383 e. The second-order valence-electron chi connectivity index (χ2n) is 9.41. The molecule has 3 N–H and O–H groups in total. The van der Waals surface area contributed by atoms with Crippen LogP contribution < -0.4 is 5.73 Å². The quantitative estimate of drug-likeness (QED) is 0.404. The summed E-state index contributed by atoms with van der Waals surface area (Å²) in [6.45, 7) is 4.17. The molecule has 1 aliphatic rings. The minimum absolute atomic E-state index is 0.129. The highest BCUT2D eigenvalue weighted by molar-refractivity contribution is 9.10. The number of likely N-dealkylation sites (tertiary alicyclic amines) is 1. The van der Waals surface area contributed by atoms with E-state index in [1.54, 1.807) is 15.6 Å². The van der Waals surface area contributed by atoms with Crippen LogP contribution in [0.1, 0.15) is 38.3 Å². The van der Waals surface area contributed by atoms with Gasteiger partial charge in [-0.15, -0.1) is 0 Å². The van der Waals surface area contributed by atoms with Crippen molar-refractivity contribution in [1.82, 2.24) is 24.5 Å². The van der Waals surface area contributed by atoms with Gasteiger partial charge in [-0.05, 0) is 48.7 Å². The predicted molar refractivity (Wildman–Crippen MR) is 139 cm³/mol. The van der Waals surface area contributed by atoms with Crippen molar-refractivity contribution in [2.45, 2.75) is 38.2 Å². The zero-order chi connectivity index (χ0) is 24.7. The van der Waals surface area contributed by atoms with Crippen molar-refractivity contribution >= 4 is 33.3 Å². The van der Waals surface area contributed by atoms with Crippen molar-refractivity contribution in [2.75, 3.05) is 18.8 Å². The summed E-state index contributed by atoms with van der Waals surface area (Å²) in [5.41, 5.74) is 10.3. The van der Waals surface area contributed by atoms with E-state index in [1.165, 1.54) is 13.8 Å². The average molecular weight is 535 g/mol. The monoisotopic (exact) mass is 534 g/mol. The zero-order valence-corrected chi connectivity index (χ0v) is 21.2. The number of carbonyl (C=O) groups is 1. The van der Waals surface area contributed by atoms with Gasteiger partial charge in [-0.2, -0.15) is 9.61 Å². The van der Waals surface area contributed by atoms with Gasteiger partial charge < -0.3 is 15.7 Å². The molecule has 1 amide bonds. The van der Waals surface area contributed by atoms with Crippen LogP contribution in [0.3, 0.4) is 0 Å². The van der Waals surface area contributed by atoms with E-state index in [4.69, 9.17) is 10.7 Å². The maximum absolute atomic E-state index is 12.5. The van der Waals surface area contributed by atoms with Crippen molar-refractivity contribution in [2.24, 2.45) is 0 Å². The van der Waals surface area contributed by atoms with E-state index >= 15 is 0 Å². The van der Waals surface area contributed by atoms with Gasteiger partial charge >= 0.3 is 0 Å². The number of piperidine rings is 1. The van der Waals surface area contributed by atoms with Crippen LogP contribution in [-0.4, -0.2) is 54.2 Å². The van der Waals surface area contributed by atoms with Crippen LogP contribution in [0.15, 0.2) is 59.3 Å². The van der Waals surface area contributed by atoms with Gasteiger partial charge in [0.15, 0.2) is 5.65 Å². The van der Waals surface area contributed by atoms with Crippen LogP contribution >= 0.6 is 15.9 Å². The first-order chi connectivity index (χ1) is 16.7. The molecule has 0 aliphatic carbocycles. The number of nitrogens with zero attached hydrogens (tertiary/aromatic N) is 5. The molecule has 1 aliphatic heterocycles. The fraction of sp³-hybridized carbons (Fsp3) is 0.308. The molecule has 1 aromatic carbocycles. The maximum Gasteiger partial charge on any atom is 0.253 e. The van der Waals surface area contributed by atoms with Gasteiger partial charge in [-0.3, -0.25) is 9.78 Å². The Hall–Kier alpha value is -3.30. The maximum atomic E-state index is 12.5. The molecular weight excluding hydrogens is 508 g/mol. The second kappa shape index (κ2) is 9.05. The smallest absolute Gasteiger partial charge is 0.253 e. The Morgan fingerprint density at radius 2 is 1.80 bits per heavy atom. The van der Waals surface area contributed by atoms with E-state index < -0.39 is 5.60 Å². The van der Waals surface area contributed by atoms with Crippen LogP contribution in [0.25, 0.3) is 28.0 Å². The number of anilines is 1. The number of rotatable bonds is 4.